The second-order valence-electron chi connectivity index (χ2n) is 15.3. The quantitative estimate of drug-likeness (QED) is 0.131. The minimum absolute atomic E-state index is 1.05. The Morgan fingerprint density at radius 2 is 0.788 bits per heavy atom. The van der Waals surface area contributed by atoms with Crippen LogP contribution in [0.2, 0.25) is 0 Å². The molecule has 0 unspecified atom stereocenters. The Kier molecular flexibility index (Phi) is 23.4. The standard InChI is InChI=1S/C17H17I.C16H15I.C15H13I.C14H11I/c1-2-7-14-10-6-11-16(12-13-18)17(14)15-8-4-3-5-9-15;1-2-6-13-9-10-15(11-12-17)16(13)14-7-4-3-5-8-14;1-2-6-13-11-14(9-10-16)15(13)12-7-4-3-5-8-12;1-2-5-11-10-12(8-9-15)14-7-4-3-6-13(11)14/h2-5,7-9,12-13H,1,6,10-11H2;2-8,11-12H,1,9-10H2;2-10H,1,11H2;2-10H,1H2/b13-12+,14-7+;12-11+,13-6+;10-9+,13-6+;9-8+,11-5-. The van der Waals surface area contributed by atoms with E-state index >= 15 is 0 Å². The maximum atomic E-state index is 3.84. The smallest absolute Gasteiger partial charge is 0.00131 e. The summed E-state index contributed by atoms with van der Waals surface area (Å²) in [6.07, 6.45) is 33.7. The van der Waals surface area contributed by atoms with Crippen molar-refractivity contribution in [3.05, 3.63) is 298 Å². The molecule has 66 heavy (non-hydrogen) atoms. The summed E-state index contributed by atoms with van der Waals surface area (Å²) in [6.45, 7) is 15.1. The van der Waals surface area contributed by atoms with Gasteiger partial charge in [0.05, 0.1) is 0 Å². The molecular weight excluding hydrogens is 1250 g/mol. The molecular formula is C62H56I4. The monoisotopic (exact) mass is 1310 g/mol. The number of allylic oxidation sites excluding steroid dienone is 24. The van der Waals surface area contributed by atoms with Crippen LogP contribution in [0.3, 0.4) is 0 Å². The Labute approximate surface area is 449 Å². The van der Waals surface area contributed by atoms with Gasteiger partial charge in [0.25, 0.3) is 0 Å². The molecule has 0 spiro atoms. The van der Waals surface area contributed by atoms with Gasteiger partial charge in [0.2, 0.25) is 0 Å². The summed E-state index contributed by atoms with van der Waals surface area (Å²) >= 11 is 9.08. The molecule has 0 amide bonds. The van der Waals surface area contributed by atoms with Crippen LogP contribution < -0.4 is 0 Å². The van der Waals surface area contributed by atoms with Crippen molar-refractivity contribution in [2.75, 3.05) is 0 Å². The average molecular weight is 1310 g/mol. The Hall–Kier alpha value is -4.36. The van der Waals surface area contributed by atoms with Crippen molar-refractivity contribution in [1.29, 1.82) is 0 Å². The summed E-state index contributed by atoms with van der Waals surface area (Å²) in [5.74, 6) is 0. The minimum atomic E-state index is 1.05. The molecule has 4 aromatic carbocycles. The fourth-order valence-electron chi connectivity index (χ4n) is 8.45. The number of hydrogen-bond acceptors (Lipinski definition) is 0. The van der Waals surface area contributed by atoms with Crippen molar-refractivity contribution in [2.45, 2.75) is 38.5 Å². The number of hydrogen-bond donors (Lipinski definition) is 0. The minimum Gasteiger partial charge on any atom is -0.0991 e. The second kappa shape index (κ2) is 29.4. The first-order valence-electron chi connectivity index (χ1n) is 22.0. The van der Waals surface area contributed by atoms with E-state index < -0.39 is 0 Å². The molecule has 4 aliphatic rings. The Morgan fingerprint density at radius 1 is 0.379 bits per heavy atom. The van der Waals surface area contributed by atoms with Crippen molar-refractivity contribution >= 4 is 118 Å². The summed E-state index contributed by atoms with van der Waals surface area (Å²) in [7, 11) is 0. The van der Waals surface area contributed by atoms with Crippen LogP contribution in [0.4, 0.5) is 0 Å². The Bertz CT molecular complexity index is 2700. The lowest BCUT2D eigenvalue weighted by Gasteiger charge is -2.26. The summed E-state index contributed by atoms with van der Waals surface area (Å²) in [5.41, 5.74) is 21.7. The maximum absolute atomic E-state index is 3.84. The highest BCUT2D eigenvalue weighted by Crippen LogP contribution is 2.43. The van der Waals surface area contributed by atoms with Gasteiger partial charge in [-0.3, -0.25) is 0 Å². The van der Waals surface area contributed by atoms with E-state index in [2.05, 4.69) is 287 Å². The highest BCUT2D eigenvalue weighted by atomic mass is 127. The van der Waals surface area contributed by atoms with Gasteiger partial charge in [-0.1, -0.05) is 299 Å². The molecule has 0 saturated heterocycles. The lowest BCUT2D eigenvalue weighted by Crippen LogP contribution is -2.05. The third kappa shape index (κ3) is 14.8. The van der Waals surface area contributed by atoms with E-state index in [0.29, 0.717) is 0 Å². The van der Waals surface area contributed by atoms with Gasteiger partial charge in [-0.25, -0.2) is 0 Å². The molecule has 0 N–H and O–H groups in total. The normalized spacial score (nSPS) is 18.0. The fourth-order valence-corrected chi connectivity index (χ4v) is 10.1. The zero-order valence-electron chi connectivity index (χ0n) is 37.4. The van der Waals surface area contributed by atoms with Gasteiger partial charge >= 0.3 is 0 Å². The second-order valence-corrected chi connectivity index (χ2v) is 18.2. The topological polar surface area (TPSA) is 0 Å². The molecule has 0 fully saturated rings. The third-order valence-corrected chi connectivity index (χ3v) is 12.6. The van der Waals surface area contributed by atoms with Crippen molar-refractivity contribution in [3.8, 4) is 0 Å². The molecule has 0 radical (unpaired) electrons. The van der Waals surface area contributed by atoms with Crippen LogP contribution in [-0.4, -0.2) is 0 Å². The molecule has 8 rings (SSSR count). The molecule has 4 aromatic rings. The van der Waals surface area contributed by atoms with E-state index in [-0.39, 0.29) is 0 Å². The van der Waals surface area contributed by atoms with Gasteiger partial charge in [-0.05, 0) is 156 Å². The zero-order valence-corrected chi connectivity index (χ0v) is 46.0. The number of rotatable bonds is 11. The summed E-state index contributed by atoms with van der Waals surface area (Å²) < 4.78 is 8.30. The van der Waals surface area contributed by atoms with Gasteiger partial charge in [0.15, 0.2) is 0 Å². The van der Waals surface area contributed by atoms with E-state index in [1.54, 1.807) is 0 Å². The summed E-state index contributed by atoms with van der Waals surface area (Å²) in [6, 6.07) is 40.2. The first-order chi connectivity index (χ1) is 32.5. The summed E-state index contributed by atoms with van der Waals surface area (Å²) in [5, 5.41) is 0. The molecule has 0 saturated carbocycles. The van der Waals surface area contributed by atoms with Crippen LogP contribution in [0.5, 0.6) is 0 Å². The molecule has 332 valence electrons. The van der Waals surface area contributed by atoms with Crippen LogP contribution in [0, 0.1) is 0 Å². The van der Waals surface area contributed by atoms with E-state index in [0.717, 1.165) is 32.1 Å². The van der Waals surface area contributed by atoms with Gasteiger partial charge < -0.3 is 0 Å². The van der Waals surface area contributed by atoms with Crippen LogP contribution in [0.15, 0.2) is 270 Å². The molecule has 0 aliphatic heterocycles. The van der Waals surface area contributed by atoms with Gasteiger partial charge in [0, 0.05) is 0 Å². The predicted octanol–water partition coefficient (Wildman–Crippen LogP) is 20.5. The number of fused-ring (bicyclic) bond motifs is 1. The number of benzene rings is 4. The molecule has 0 heterocycles. The Morgan fingerprint density at radius 3 is 1.27 bits per heavy atom. The highest BCUT2D eigenvalue weighted by Gasteiger charge is 2.22. The van der Waals surface area contributed by atoms with E-state index in [4.69, 9.17) is 0 Å². The van der Waals surface area contributed by atoms with E-state index in [1.165, 1.54) is 95.5 Å². The highest BCUT2D eigenvalue weighted by molar-refractivity contribution is 14.1. The van der Waals surface area contributed by atoms with Gasteiger partial charge in [-0.2, -0.15) is 0 Å². The molecule has 4 heteroatoms. The largest absolute Gasteiger partial charge is 0.0991 e. The molecule has 0 nitrogen and oxygen atoms in total. The summed E-state index contributed by atoms with van der Waals surface area (Å²) in [4.78, 5) is 0. The molecule has 4 aliphatic carbocycles. The van der Waals surface area contributed by atoms with Gasteiger partial charge in [-0.15, -0.1) is 0 Å². The van der Waals surface area contributed by atoms with Crippen molar-refractivity contribution in [2.24, 2.45) is 0 Å². The van der Waals surface area contributed by atoms with Gasteiger partial charge in [0.1, 0.15) is 0 Å². The molecule has 0 aromatic heterocycles. The van der Waals surface area contributed by atoms with Crippen molar-refractivity contribution < 1.29 is 0 Å². The molecule has 0 bridgehead atoms. The van der Waals surface area contributed by atoms with Crippen molar-refractivity contribution in [1.82, 2.24) is 0 Å². The number of halogens is 4. The lowest BCUT2D eigenvalue weighted by atomic mass is 9.78. The third-order valence-electron chi connectivity index (χ3n) is 11.2. The first-order valence-corrected chi connectivity index (χ1v) is 27.0. The SMILES string of the molecule is C=C/C=C1/C=C(/C=C/I)c2ccccc21.C=C/C=C1\CC(/C=C/I)=C1c1ccccc1.C=C/C=C1\CCC(/C=C/I)=C1c1ccccc1.C=C/C=C1\CCCC(/C=C/I)=C1c1ccccc1. The van der Waals surface area contributed by atoms with Crippen LogP contribution in [0.1, 0.15) is 66.3 Å². The zero-order chi connectivity index (χ0) is 46.9. The van der Waals surface area contributed by atoms with E-state index in [9.17, 15) is 0 Å². The van der Waals surface area contributed by atoms with Crippen LogP contribution >= 0.6 is 90.4 Å². The lowest BCUT2D eigenvalue weighted by molar-refractivity contribution is 0.806. The van der Waals surface area contributed by atoms with Crippen LogP contribution in [-0.2, 0) is 0 Å². The average Bonchev–Trinajstić information content (AvgIpc) is 3.91. The van der Waals surface area contributed by atoms with Crippen LogP contribution in [0.25, 0.3) is 27.9 Å². The van der Waals surface area contributed by atoms with E-state index in [1.807, 2.05) is 40.5 Å². The van der Waals surface area contributed by atoms with Crippen molar-refractivity contribution in [3.63, 3.8) is 0 Å². The fraction of sp³-hybridized carbons (Fsp3) is 0.0968. The maximum Gasteiger partial charge on any atom is -0.00131 e. The first kappa shape index (κ1) is 52.6. The Balaban J connectivity index is 0.000000165. The predicted molar refractivity (Wildman–Crippen MR) is 328 cm³/mol. The molecule has 0 atom stereocenters.